The average molecular weight is 476 g/mol. The van der Waals surface area contributed by atoms with E-state index < -0.39 is 5.97 Å². The molecule has 2 aromatic carbocycles. The lowest BCUT2D eigenvalue weighted by molar-refractivity contribution is -0.131. The second-order valence-electron chi connectivity index (χ2n) is 10.7. The Labute approximate surface area is 211 Å². The molecule has 0 amide bonds. The highest BCUT2D eigenvalue weighted by molar-refractivity contribution is 5.98. The van der Waals surface area contributed by atoms with Gasteiger partial charge in [-0.25, -0.2) is 4.79 Å². The number of benzene rings is 2. The van der Waals surface area contributed by atoms with Gasteiger partial charge in [-0.05, 0) is 78.3 Å². The van der Waals surface area contributed by atoms with Crippen LogP contribution in [0.3, 0.4) is 0 Å². The molecule has 0 unspecified atom stereocenters. The van der Waals surface area contributed by atoms with Gasteiger partial charge in [0.05, 0.1) is 6.61 Å². The van der Waals surface area contributed by atoms with Crippen LogP contribution in [-0.2, 0) is 21.6 Å². The first kappa shape index (κ1) is 26.7. The summed E-state index contributed by atoms with van der Waals surface area (Å²) in [5.41, 5.74) is 7.07. The number of aliphatic carboxylic acids is 1. The first-order chi connectivity index (χ1) is 16.7. The molecule has 0 heterocycles. The highest BCUT2D eigenvalue weighted by atomic mass is 16.5. The van der Waals surface area contributed by atoms with E-state index in [4.69, 9.17) is 4.74 Å². The van der Waals surface area contributed by atoms with Crippen molar-refractivity contribution in [2.24, 2.45) is 5.92 Å². The summed E-state index contributed by atoms with van der Waals surface area (Å²) in [6.45, 7) is 13.0. The fourth-order valence-electron chi connectivity index (χ4n) is 4.12. The number of hydrogen-bond donors (Lipinski definition) is 2. The van der Waals surface area contributed by atoms with Crippen LogP contribution in [0.1, 0.15) is 82.6 Å². The van der Waals surface area contributed by atoms with E-state index >= 15 is 0 Å². The molecule has 2 N–H and O–H groups in total. The van der Waals surface area contributed by atoms with Gasteiger partial charge in [0.15, 0.2) is 0 Å². The van der Waals surface area contributed by atoms with Crippen LogP contribution in [0.5, 0.6) is 0 Å². The van der Waals surface area contributed by atoms with Gasteiger partial charge < -0.3 is 15.2 Å². The van der Waals surface area contributed by atoms with Crippen LogP contribution < -0.4 is 5.32 Å². The molecular weight excluding hydrogens is 434 g/mol. The molecule has 4 nitrogen and oxygen atoms in total. The maximum absolute atomic E-state index is 11.9. The number of nitrogens with one attached hydrogen (secondary N) is 1. The monoisotopic (exact) mass is 475 g/mol. The molecule has 0 bridgehead atoms. The minimum absolute atomic E-state index is 0.0323. The molecule has 1 aliphatic carbocycles. The molecule has 0 atom stereocenters. The Bertz CT molecular complexity index is 1050. The van der Waals surface area contributed by atoms with Crippen LogP contribution in [0.15, 0.2) is 60.2 Å². The average Bonchev–Trinajstić information content (AvgIpc) is 3.62. The molecule has 0 saturated heterocycles. The number of allylic oxidation sites excluding steroid dienone is 1. The van der Waals surface area contributed by atoms with Gasteiger partial charge in [0.2, 0.25) is 0 Å². The van der Waals surface area contributed by atoms with Crippen LogP contribution in [0.25, 0.3) is 5.57 Å². The van der Waals surface area contributed by atoms with E-state index in [0.717, 1.165) is 48.4 Å². The lowest BCUT2D eigenvalue weighted by Crippen LogP contribution is -2.11. The summed E-state index contributed by atoms with van der Waals surface area (Å²) in [5.74, 6) is -0.249. The Kier molecular flexibility index (Phi) is 9.33. The molecule has 3 rings (SSSR count). The van der Waals surface area contributed by atoms with Crippen LogP contribution >= 0.6 is 0 Å². The highest BCUT2D eigenvalue weighted by Gasteiger charge is 2.21. The van der Waals surface area contributed by atoms with Crippen molar-refractivity contribution in [2.75, 3.05) is 18.5 Å². The number of hydrogen-bond acceptors (Lipinski definition) is 3. The number of carboxylic acids is 1. The third kappa shape index (κ3) is 8.40. The predicted molar refractivity (Wildman–Crippen MR) is 146 cm³/mol. The Balaban J connectivity index is 1.94. The van der Waals surface area contributed by atoms with E-state index in [-0.39, 0.29) is 5.41 Å². The Hall–Kier alpha value is -2.85. The molecule has 1 aliphatic rings. The molecule has 0 aliphatic heterocycles. The van der Waals surface area contributed by atoms with Gasteiger partial charge in [-0.2, -0.15) is 0 Å². The summed E-state index contributed by atoms with van der Waals surface area (Å²) in [5, 5.41) is 13.3. The van der Waals surface area contributed by atoms with Crippen molar-refractivity contribution >= 4 is 17.2 Å². The minimum atomic E-state index is -0.956. The SMILES string of the molecule is CC/C=C(\C)CCNc1ccc(COCC2CC2)cc1/C(=C/C(=O)O)c1ccc(C(C)(C)C)cc1. The highest BCUT2D eigenvalue weighted by Crippen LogP contribution is 2.33. The van der Waals surface area contributed by atoms with E-state index in [9.17, 15) is 9.90 Å². The molecule has 0 aromatic heterocycles. The van der Waals surface area contributed by atoms with Crippen molar-refractivity contribution in [1.29, 1.82) is 0 Å². The van der Waals surface area contributed by atoms with E-state index in [1.54, 1.807) is 0 Å². The fraction of sp³-hybridized carbons (Fsp3) is 0.452. The minimum Gasteiger partial charge on any atom is -0.478 e. The number of rotatable bonds is 12. The van der Waals surface area contributed by atoms with Crippen LogP contribution in [0.2, 0.25) is 0 Å². The van der Waals surface area contributed by atoms with Crippen LogP contribution in [0, 0.1) is 5.92 Å². The summed E-state index contributed by atoms with van der Waals surface area (Å²) in [4.78, 5) is 11.9. The fourth-order valence-corrected chi connectivity index (χ4v) is 4.12. The van der Waals surface area contributed by atoms with Crippen molar-refractivity contribution < 1.29 is 14.6 Å². The Morgan fingerprint density at radius 1 is 1.14 bits per heavy atom. The summed E-state index contributed by atoms with van der Waals surface area (Å²) < 4.78 is 5.93. The molecule has 1 saturated carbocycles. The molecular formula is C31H41NO3. The number of anilines is 1. The molecule has 1 fully saturated rings. The normalized spacial score (nSPS) is 14.8. The molecule has 2 aromatic rings. The standard InChI is InChI=1S/C31H41NO3/c1-6-7-22(2)16-17-32-29-15-10-24(21-35-20-23-8-9-23)18-28(29)27(19-30(33)34)25-11-13-26(14-12-25)31(3,4)5/h7,10-15,18-19,23,32H,6,8-9,16-17,20-21H2,1-5H3,(H,33,34)/b22-7+,27-19+. The molecule has 188 valence electrons. The second kappa shape index (κ2) is 12.2. The lowest BCUT2D eigenvalue weighted by atomic mass is 9.85. The summed E-state index contributed by atoms with van der Waals surface area (Å²) in [6, 6.07) is 14.5. The van der Waals surface area contributed by atoms with Crippen molar-refractivity contribution in [3.8, 4) is 0 Å². The number of carbonyl (C=O) groups is 1. The van der Waals surface area contributed by atoms with Gasteiger partial charge >= 0.3 is 5.97 Å². The van der Waals surface area contributed by atoms with Crippen molar-refractivity contribution in [1.82, 2.24) is 0 Å². The molecule has 35 heavy (non-hydrogen) atoms. The zero-order chi connectivity index (χ0) is 25.4. The zero-order valence-corrected chi connectivity index (χ0v) is 22.0. The first-order valence-electron chi connectivity index (χ1n) is 12.8. The molecule has 4 heteroatoms. The smallest absolute Gasteiger partial charge is 0.328 e. The van der Waals surface area contributed by atoms with Gasteiger partial charge in [-0.15, -0.1) is 0 Å². The molecule has 0 radical (unpaired) electrons. The van der Waals surface area contributed by atoms with Gasteiger partial charge in [-0.1, -0.05) is 69.7 Å². The summed E-state index contributed by atoms with van der Waals surface area (Å²) in [6.07, 6.45) is 8.06. The van der Waals surface area contributed by atoms with Gasteiger partial charge in [0.1, 0.15) is 0 Å². The van der Waals surface area contributed by atoms with E-state index in [1.807, 2.05) is 12.1 Å². The number of carboxylic acid groups (broad SMARTS) is 1. The van der Waals surface area contributed by atoms with Crippen molar-refractivity contribution in [3.05, 3.63) is 82.4 Å². The van der Waals surface area contributed by atoms with Crippen LogP contribution in [0.4, 0.5) is 5.69 Å². The topological polar surface area (TPSA) is 58.6 Å². The third-order valence-electron chi connectivity index (χ3n) is 6.41. The quantitative estimate of drug-likeness (QED) is 0.245. The molecule has 0 spiro atoms. The largest absolute Gasteiger partial charge is 0.478 e. The zero-order valence-electron chi connectivity index (χ0n) is 22.0. The summed E-state index contributed by atoms with van der Waals surface area (Å²) in [7, 11) is 0. The Morgan fingerprint density at radius 3 is 2.46 bits per heavy atom. The Morgan fingerprint density at radius 2 is 1.86 bits per heavy atom. The summed E-state index contributed by atoms with van der Waals surface area (Å²) >= 11 is 0. The van der Waals surface area contributed by atoms with Gasteiger partial charge in [0.25, 0.3) is 0 Å². The second-order valence-corrected chi connectivity index (χ2v) is 10.7. The van der Waals surface area contributed by atoms with E-state index in [0.29, 0.717) is 18.1 Å². The van der Waals surface area contributed by atoms with Crippen molar-refractivity contribution in [3.63, 3.8) is 0 Å². The van der Waals surface area contributed by atoms with Gasteiger partial charge in [0, 0.05) is 30.5 Å². The van der Waals surface area contributed by atoms with E-state index in [1.165, 1.54) is 30.1 Å². The number of ether oxygens (including phenoxy) is 1. The maximum Gasteiger partial charge on any atom is 0.328 e. The third-order valence-corrected chi connectivity index (χ3v) is 6.41. The first-order valence-corrected chi connectivity index (χ1v) is 12.8. The van der Waals surface area contributed by atoms with Crippen LogP contribution in [-0.4, -0.2) is 24.2 Å². The maximum atomic E-state index is 11.9. The van der Waals surface area contributed by atoms with E-state index in [2.05, 4.69) is 76.3 Å². The lowest BCUT2D eigenvalue weighted by Gasteiger charge is -2.21. The van der Waals surface area contributed by atoms with Gasteiger partial charge in [-0.3, -0.25) is 0 Å². The van der Waals surface area contributed by atoms with Crippen molar-refractivity contribution in [2.45, 2.75) is 72.3 Å². The predicted octanol–water partition coefficient (Wildman–Crippen LogP) is 7.59.